The highest BCUT2D eigenvalue weighted by Gasteiger charge is 2.09. The molecule has 1 heterocycles. The van der Waals surface area contributed by atoms with Crippen molar-refractivity contribution in [2.75, 3.05) is 18.9 Å². The van der Waals surface area contributed by atoms with Crippen molar-refractivity contribution in [3.05, 3.63) is 22.7 Å². The van der Waals surface area contributed by atoms with Crippen LogP contribution in [0.4, 0.5) is 5.69 Å². The van der Waals surface area contributed by atoms with Crippen molar-refractivity contribution >= 4 is 21.6 Å². The Hall–Kier alpha value is -1.47. The molecule has 0 aliphatic carbocycles. The summed E-state index contributed by atoms with van der Waals surface area (Å²) in [6.07, 6.45) is 0.873. The van der Waals surface area contributed by atoms with Gasteiger partial charge in [0, 0.05) is 35.5 Å². The van der Waals surface area contributed by atoms with Gasteiger partial charge in [-0.1, -0.05) is 0 Å². The van der Waals surface area contributed by atoms with E-state index in [0.29, 0.717) is 12.3 Å². The van der Waals surface area contributed by atoms with Gasteiger partial charge in [0.25, 0.3) is 0 Å². The van der Waals surface area contributed by atoms with E-state index in [0.717, 1.165) is 35.4 Å². The predicted molar refractivity (Wildman–Crippen MR) is 76.5 cm³/mol. The third kappa shape index (κ3) is 3.51. The standard InChI is InChI=1S/C12H16BrN5O/c1-2-19-7-3-6-18-12(15-16-17-18)9-4-5-10(13)11(14)8-9/h4-5,8H,2-3,6-7,14H2,1H3. The maximum atomic E-state index is 5.87. The van der Waals surface area contributed by atoms with Gasteiger partial charge in [-0.05, 0) is 57.9 Å². The summed E-state index contributed by atoms with van der Waals surface area (Å²) in [6.45, 7) is 4.13. The van der Waals surface area contributed by atoms with Crippen LogP contribution in [0.3, 0.4) is 0 Å². The molecule has 0 radical (unpaired) electrons. The number of nitrogens with zero attached hydrogens (tertiary/aromatic N) is 4. The molecule has 2 N–H and O–H groups in total. The number of nitrogen functional groups attached to an aromatic ring is 1. The molecule has 2 rings (SSSR count). The van der Waals surface area contributed by atoms with Crippen LogP contribution >= 0.6 is 15.9 Å². The predicted octanol–water partition coefficient (Wildman–Crippen LogP) is 2.11. The highest BCUT2D eigenvalue weighted by atomic mass is 79.9. The number of aromatic nitrogens is 4. The van der Waals surface area contributed by atoms with Crippen LogP contribution in [-0.2, 0) is 11.3 Å². The van der Waals surface area contributed by atoms with E-state index in [9.17, 15) is 0 Å². The highest BCUT2D eigenvalue weighted by Crippen LogP contribution is 2.25. The second kappa shape index (κ2) is 6.63. The van der Waals surface area contributed by atoms with Crippen LogP contribution in [0.25, 0.3) is 11.4 Å². The van der Waals surface area contributed by atoms with E-state index in [-0.39, 0.29) is 0 Å². The van der Waals surface area contributed by atoms with E-state index in [1.54, 1.807) is 4.68 Å². The molecule has 0 aliphatic heterocycles. The number of anilines is 1. The number of hydrogen-bond donors (Lipinski definition) is 1. The fourth-order valence-electron chi connectivity index (χ4n) is 1.71. The molecule has 0 bridgehead atoms. The third-order valence-electron chi connectivity index (χ3n) is 2.65. The lowest BCUT2D eigenvalue weighted by molar-refractivity contribution is 0.140. The molecular formula is C12H16BrN5O. The number of halogens is 1. The van der Waals surface area contributed by atoms with E-state index < -0.39 is 0 Å². The zero-order valence-corrected chi connectivity index (χ0v) is 12.3. The average Bonchev–Trinajstić information content (AvgIpc) is 2.86. The minimum atomic E-state index is 0.668. The van der Waals surface area contributed by atoms with Crippen LogP contribution in [0.5, 0.6) is 0 Å². The summed E-state index contributed by atoms with van der Waals surface area (Å²) in [5, 5.41) is 11.8. The zero-order valence-electron chi connectivity index (χ0n) is 10.7. The summed E-state index contributed by atoms with van der Waals surface area (Å²) in [7, 11) is 0. The zero-order chi connectivity index (χ0) is 13.7. The van der Waals surface area contributed by atoms with Crippen molar-refractivity contribution in [1.29, 1.82) is 0 Å². The monoisotopic (exact) mass is 325 g/mol. The number of hydrogen-bond acceptors (Lipinski definition) is 5. The van der Waals surface area contributed by atoms with Gasteiger partial charge in [-0.2, -0.15) is 0 Å². The SMILES string of the molecule is CCOCCCn1nnnc1-c1ccc(Br)c(N)c1. The van der Waals surface area contributed by atoms with Crippen molar-refractivity contribution < 1.29 is 4.74 Å². The molecule has 102 valence electrons. The smallest absolute Gasteiger partial charge is 0.182 e. The Balaban J connectivity index is 2.12. The number of rotatable bonds is 6. The lowest BCUT2D eigenvalue weighted by Crippen LogP contribution is -2.06. The summed E-state index contributed by atoms with van der Waals surface area (Å²) in [6, 6.07) is 5.68. The van der Waals surface area contributed by atoms with Crippen LogP contribution in [-0.4, -0.2) is 33.4 Å². The Morgan fingerprint density at radius 3 is 3.00 bits per heavy atom. The molecule has 1 aromatic heterocycles. The van der Waals surface area contributed by atoms with Crippen LogP contribution in [0.15, 0.2) is 22.7 Å². The van der Waals surface area contributed by atoms with Gasteiger partial charge in [-0.25, -0.2) is 4.68 Å². The molecule has 0 spiro atoms. The van der Waals surface area contributed by atoms with Gasteiger partial charge in [0.2, 0.25) is 0 Å². The van der Waals surface area contributed by atoms with Gasteiger partial charge in [0.1, 0.15) is 0 Å². The first-order valence-electron chi connectivity index (χ1n) is 6.11. The molecule has 6 nitrogen and oxygen atoms in total. The van der Waals surface area contributed by atoms with Crippen molar-refractivity contribution in [3.8, 4) is 11.4 Å². The average molecular weight is 326 g/mol. The molecule has 0 unspecified atom stereocenters. The Labute approximate surface area is 120 Å². The molecule has 0 atom stereocenters. The molecule has 0 fully saturated rings. The quantitative estimate of drug-likeness (QED) is 0.650. The minimum Gasteiger partial charge on any atom is -0.398 e. The number of ether oxygens (including phenoxy) is 1. The number of benzene rings is 1. The molecule has 0 saturated carbocycles. The van der Waals surface area contributed by atoms with Gasteiger partial charge in [0.15, 0.2) is 5.82 Å². The van der Waals surface area contributed by atoms with Crippen molar-refractivity contribution in [2.45, 2.75) is 19.9 Å². The summed E-state index contributed by atoms with van der Waals surface area (Å²) in [4.78, 5) is 0. The second-order valence-corrected chi connectivity index (χ2v) is 4.87. The molecule has 1 aromatic carbocycles. The number of aryl methyl sites for hydroxylation is 1. The lowest BCUT2D eigenvalue weighted by atomic mass is 10.2. The van der Waals surface area contributed by atoms with Gasteiger partial charge < -0.3 is 10.5 Å². The first kappa shape index (κ1) is 14.0. The molecule has 0 amide bonds. The summed E-state index contributed by atoms with van der Waals surface area (Å²) >= 11 is 3.37. The molecule has 2 aromatic rings. The van der Waals surface area contributed by atoms with Gasteiger partial charge in [-0.3, -0.25) is 0 Å². The normalized spacial score (nSPS) is 10.8. The maximum Gasteiger partial charge on any atom is 0.182 e. The van der Waals surface area contributed by atoms with Crippen LogP contribution in [0, 0.1) is 0 Å². The van der Waals surface area contributed by atoms with Crippen LogP contribution < -0.4 is 5.73 Å². The van der Waals surface area contributed by atoms with Crippen molar-refractivity contribution in [3.63, 3.8) is 0 Å². The van der Waals surface area contributed by atoms with Gasteiger partial charge in [0.05, 0.1) is 0 Å². The number of tetrazole rings is 1. The van der Waals surface area contributed by atoms with E-state index in [1.165, 1.54) is 0 Å². The molecule has 7 heteroatoms. The van der Waals surface area contributed by atoms with E-state index in [1.807, 2.05) is 25.1 Å². The van der Waals surface area contributed by atoms with Crippen LogP contribution in [0.1, 0.15) is 13.3 Å². The van der Waals surface area contributed by atoms with E-state index in [2.05, 4.69) is 31.5 Å². The topological polar surface area (TPSA) is 78.8 Å². The second-order valence-electron chi connectivity index (χ2n) is 4.01. The van der Waals surface area contributed by atoms with Gasteiger partial charge in [-0.15, -0.1) is 5.10 Å². The van der Waals surface area contributed by atoms with Crippen LogP contribution in [0.2, 0.25) is 0 Å². The van der Waals surface area contributed by atoms with Crippen molar-refractivity contribution in [1.82, 2.24) is 20.2 Å². The Kier molecular flexibility index (Phi) is 4.86. The molecule has 0 saturated heterocycles. The third-order valence-corrected chi connectivity index (χ3v) is 3.37. The summed E-state index contributed by atoms with van der Waals surface area (Å²) in [5.74, 6) is 0.718. The Bertz CT molecular complexity index is 543. The Morgan fingerprint density at radius 1 is 1.42 bits per heavy atom. The molecule has 19 heavy (non-hydrogen) atoms. The molecular weight excluding hydrogens is 310 g/mol. The van der Waals surface area contributed by atoms with Gasteiger partial charge >= 0.3 is 0 Å². The molecule has 0 aliphatic rings. The largest absolute Gasteiger partial charge is 0.398 e. The fourth-order valence-corrected chi connectivity index (χ4v) is 1.95. The number of nitrogens with two attached hydrogens (primary N) is 1. The first-order chi connectivity index (χ1) is 9.22. The maximum absolute atomic E-state index is 5.87. The minimum absolute atomic E-state index is 0.668. The Morgan fingerprint density at radius 2 is 2.26 bits per heavy atom. The van der Waals surface area contributed by atoms with E-state index in [4.69, 9.17) is 10.5 Å². The lowest BCUT2D eigenvalue weighted by Gasteiger charge is -2.06. The van der Waals surface area contributed by atoms with Crippen molar-refractivity contribution in [2.24, 2.45) is 0 Å². The summed E-state index contributed by atoms with van der Waals surface area (Å²) in [5.41, 5.74) is 7.44. The first-order valence-corrected chi connectivity index (χ1v) is 6.91. The van der Waals surface area contributed by atoms with E-state index >= 15 is 0 Å². The fraction of sp³-hybridized carbons (Fsp3) is 0.417. The highest BCUT2D eigenvalue weighted by molar-refractivity contribution is 9.10. The summed E-state index contributed by atoms with van der Waals surface area (Å²) < 4.78 is 7.94.